The number of carbonyl (C=O) groups is 1. The van der Waals surface area contributed by atoms with Crippen LogP contribution in [0.25, 0.3) is 10.2 Å². The lowest BCUT2D eigenvalue weighted by Gasteiger charge is -2.11. The van der Waals surface area contributed by atoms with Crippen molar-refractivity contribution < 1.29 is 9.21 Å². The second-order valence-corrected chi connectivity index (χ2v) is 8.76. The van der Waals surface area contributed by atoms with E-state index in [1.165, 1.54) is 23.1 Å². The van der Waals surface area contributed by atoms with Crippen LogP contribution in [0.5, 0.6) is 0 Å². The molecule has 0 atom stereocenters. The first-order chi connectivity index (χ1) is 14.6. The first-order valence-electron chi connectivity index (χ1n) is 9.63. The third-order valence-electron chi connectivity index (χ3n) is 4.57. The van der Waals surface area contributed by atoms with Gasteiger partial charge in [0.1, 0.15) is 10.6 Å². The number of furan rings is 1. The van der Waals surface area contributed by atoms with Gasteiger partial charge in [-0.25, -0.2) is 4.98 Å². The van der Waals surface area contributed by atoms with Crippen LogP contribution in [0.3, 0.4) is 0 Å². The molecule has 0 bridgehead atoms. The number of thioether (sulfide) groups is 1. The van der Waals surface area contributed by atoms with Gasteiger partial charge in [0.15, 0.2) is 5.16 Å². The van der Waals surface area contributed by atoms with Gasteiger partial charge in [-0.15, -0.1) is 11.3 Å². The summed E-state index contributed by atoms with van der Waals surface area (Å²) in [5.41, 5.74) is 0.926. The number of amides is 1. The topological polar surface area (TPSA) is 77.1 Å². The van der Waals surface area contributed by atoms with Gasteiger partial charge in [0, 0.05) is 11.4 Å². The van der Waals surface area contributed by atoms with Crippen molar-refractivity contribution >= 4 is 39.2 Å². The van der Waals surface area contributed by atoms with Gasteiger partial charge in [-0.05, 0) is 30.2 Å². The molecule has 0 aliphatic rings. The molecular formula is C22H21N3O3S2. The number of aryl methyl sites for hydroxylation is 1. The summed E-state index contributed by atoms with van der Waals surface area (Å²) in [7, 11) is 0. The molecule has 4 aromatic rings. The highest BCUT2D eigenvalue weighted by atomic mass is 32.2. The van der Waals surface area contributed by atoms with Crippen LogP contribution in [0.2, 0.25) is 0 Å². The molecule has 0 radical (unpaired) electrons. The fourth-order valence-electron chi connectivity index (χ4n) is 3.01. The van der Waals surface area contributed by atoms with Crippen LogP contribution in [0.15, 0.2) is 69.2 Å². The Morgan fingerprint density at radius 2 is 2.07 bits per heavy atom. The van der Waals surface area contributed by atoms with Crippen LogP contribution < -0.4 is 10.9 Å². The van der Waals surface area contributed by atoms with E-state index in [1.54, 1.807) is 16.9 Å². The predicted octanol–water partition coefficient (Wildman–Crippen LogP) is 4.07. The van der Waals surface area contributed by atoms with E-state index in [1.807, 2.05) is 42.5 Å². The normalized spacial score (nSPS) is 11.1. The summed E-state index contributed by atoms with van der Waals surface area (Å²) < 4.78 is 7.01. The van der Waals surface area contributed by atoms with Crippen LogP contribution in [0, 0.1) is 0 Å². The monoisotopic (exact) mass is 439 g/mol. The smallest absolute Gasteiger partial charge is 0.263 e. The quantitative estimate of drug-likeness (QED) is 0.331. The Hall–Kier alpha value is -2.84. The maximum Gasteiger partial charge on any atom is 0.263 e. The molecular weight excluding hydrogens is 418 g/mol. The van der Waals surface area contributed by atoms with Crippen LogP contribution >= 0.6 is 23.1 Å². The van der Waals surface area contributed by atoms with E-state index >= 15 is 0 Å². The molecule has 154 valence electrons. The summed E-state index contributed by atoms with van der Waals surface area (Å²) in [6.07, 6.45) is 2.43. The van der Waals surface area contributed by atoms with Crippen molar-refractivity contribution in [2.75, 3.05) is 5.75 Å². The predicted molar refractivity (Wildman–Crippen MR) is 120 cm³/mol. The standard InChI is InChI=1S/C22H21N3O3S2/c1-2-17-11-18-20(30-17)24-22(25(21(18)27)13-16-9-6-10-28-16)29-14-19(26)23-12-15-7-4-3-5-8-15/h3-11H,2,12-14H2,1H3,(H,23,26). The van der Waals surface area contributed by atoms with E-state index in [-0.39, 0.29) is 23.8 Å². The van der Waals surface area contributed by atoms with Crippen molar-refractivity contribution in [3.63, 3.8) is 0 Å². The summed E-state index contributed by atoms with van der Waals surface area (Å²) in [6.45, 7) is 2.80. The summed E-state index contributed by atoms with van der Waals surface area (Å²) in [6, 6.07) is 15.3. The van der Waals surface area contributed by atoms with Crippen molar-refractivity contribution in [3.8, 4) is 0 Å². The molecule has 3 heterocycles. The Labute approximate surface area is 181 Å². The Kier molecular flexibility index (Phi) is 6.35. The fraction of sp³-hybridized carbons (Fsp3) is 0.227. The zero-order valence-electron chi connectivity index (χ0n) is 16.5. The minimum atomic E-state index is -0.112. The molecule has 0 spiro atoms. The molecule has 8 heteroatoms. The van der Waals surface area contributed by atoms with Gasteiger partial charge in [-0.1, -0.05) is 49.0 Å². The molecule has 3 aromatic heterocycles. The molecule has 0 fully saturated rings. The number of nitrogens with one attached hydrogen (secondary N) is 1. The number of carbonyl (C=O) groups excluding carboxylic acids is 1. The van der Waals surface area contributed by atoms with Crippen LogP contribution in [-0.4, -0.2) is 21.2 Å². The highest BCUT2D eigenvalue weighted by molar-refractivity contribution is 7.99. The van der Waals surface area contributed by atoms with Crippen molar-refractivity contribution in [1.82, 2.24) is 14.9 Å². The van der Waals surface area contributed by atoms with Gasteiger partial charge in [0.25, 0.3) is 5.56 Å². The number of thiophene rings is 1. The van der Waals surface area contributed by atoms with E-state index in [9.17, 15) is 9.59 Å². The lowest BCUT2D eigenvalue weighted by molar-refractivity contribution is -0.118. The van der Waals surface area contributed by atoms with Gasteiger partial charge in [-0.2, -0.15) is 0 Å². The Bertz CT molecular complexity index is 1200. The Balaban J connectivity index is 1.55. The summed E-state index contributed by atoms with van der Waals surface area (Å²) >= 11 is 2.79. The number of rotatable bonds is 8. The van der Waals surface area contributed by atoms with Crippen molar-refractivity contribution in [1.29, 1.82) is 0 Å². The molecule has 0 aliphatic carbocycles. The number of nitrogens with zero attached hydrogens (tertiary/aromatic N) is 2. The number of aromatic nitrogens is 2. The van der Waals surface area contributed by atoms with E-state index in [4.69, 9.17) is 9.40 Å². The van der Waals surface area contributed by atoms with E-state index in [0.717, 1.165) is 16.9 Å². The molecule has 0 saturated carbocycles. The molecule has 1 aromatic carbocycles. The lowest BCUT2D eigenvalue weighted by Crippen LogP contribution is -2.26. The minimum absolute atomic E-state index is 0.108. The largest absolute Gasteiger partial charge is 0.467 e. The molecule has 1 amide bonds. The maximum absolute atomic E-state index is 13.1. The zero-order valence-corrected chi connectivity index (χ0v) is 18.1. The summed E-state index contributed by atoms with van der Waals surface area (Å²) in [5.74, 6) is 0.734. The van der Waals surface area contributed by atoms with Gasteiger partial charge in [-0.3, -0.25) is 14.2 Å². The van der Waals surface area contributed by atoms with Crippen molar-refractivity contribution in [2.24, 2.45) is 0 Å². The molecule has 1 N–H and O–H groups in total. The molecule has 4 rings (SSSR count). The lowest BCUT2D eigenvalue weighted by atomic mass is 10.2. The number of benzene rings is 1. The van der Waals surface area contributed by atoms with Crippen molar-refractivity contribution in [3.05, 3.63) is 81.3 Å². The second-order valence-electron chi connectivity index (χ2n) is 6.70. The number of fused-ring (bicyclic) bond motifs is 1. The van der Waals surface area contributed by atoms with Gasteiger partial charge in [0.2, 0.25) is 5.91 Å². The summed E-state index contributed by atoms with van der Waals surface area (Å²) in [5, 5.41) is 4.04. The van der Waals surface area contributed by atoms with Gasteiger partial charge in [0.05, 0.1) is 23.9 Å². The third-order valence-corrected chi connectivity index (χ3v) is 6.72. The molecule has 0 unspecified atom stereocenters. The Morgan fingerprint density at radius 1 is 1.23 bits per heavy atom. The highest BCUT2D eigenvalue weighted by Gasteiger charge is 2.16. The molecule has 30 heavy (non-hydrogen) atoms. The van der Waals surface area contributed by atoms with E-state index in [0.29, 0.717) is 27.7 Å². The average molecular weight is 440 g/mol. The Morgan fingerprint density at radius 3 is 2.80 bits per heavy atom. The fourth-order valence-corrected chi connectivity index (χ4v) is 4.84. The molecule has 0 saturated heterocycles. The minimum Gasteiger partial charge on any atom is -0.467 e. The number of hydrogen-bond acceptors (Lipinski definition) is 6. The number of hydrogen-bond donors (Lipinski definition) is 1. The van der Waals surface area contributed by atoms with Crippen LogP contribution in [-0.2, 0) is 24.3 Å². The molecule has 0 aliphatic heterocycles. The maximum atomic E-state index is 13.1. The highest BCUT2D eigenvalue weighted by Crippen LogP contribution is 2.25. The zero-order chi connectivity index (χ0) is 20.9. The molecule has 6 nitrogen and oxygen atoms in total. The SMILES string of the molecule is CCc1cc2c(=O)n(Cc3ccco3)c(SCC(=O)NCc3ccccc3)nc2s1. The first-order valence-corrected chi connectivity index (χ1v) is 11.4. The van der Waals surface area contributed by atoms with Gasteiger partial charge >= 0.3 is 0 Å². The average Bonchev–Trinajstić information content (AvgIpc) is 3.43. The van der Waals surface area contributed by atoms with E-state index in [2.05, 4.69) is 12.2 Å². The van der Waals surface area contributed by atoms with E-state index < -0.39 is 0 Å². The van der Waals surface area contributed by atoms with Crippen molar-refractivity contribution in [2.45, 2.75) is 31.6 Å². The third kappa shape index (κ3) is 4.66. The summed E-state index contributed by atoms with van der Waals surface area (Å²) in [4.78, 5) is 32.0. The van der Waals surface area contributed by atoms with Crippen LogP contribution in [0.1, 0.15) is 23.1 Å². The van der Waals surface area contributed by atoms with Gasteiger partial charge < -0.3 is 9.73 Å². The second kappa shape index (κ2) is 9.32. The van der Waals surface area contributed by atoms with Crippen LogP contribution in [0.4, 0.5) is 0 Å². The first kappa shape index (κ1) is 20.4.